The molecule has 0 spiro atoms. The molecular weight excluding hydrogens is 342 g/mol. The average molecular weight is 358 g/mol. The molecule has 25 heavy (non-hydrogen) atoms. The molecule has 0 unspecified atom stereocenters. The molecule has 0 amide bonds. The topological polar surface area (TPSA) is 86.3 Å². The number of benzene rings is 1. The molecule has 8 heteroatoms. The molecule has 1 saturated heterocycles. The maximum atomic E-state index is 10.9. The van der Waals surface area contributed by atoms with Crippen LogP contribution in [0, 0.1) is 21.4 Å². The van der Waals surface area contributed by atoms with Crippen molar-refractivity contribution < 1.29 is 4.92 Å². The molecular formula is C17H16ClN5O2. The van der Waals surface area contributed by atoms with E-state index in [0.717, 1.165) is 44.1 Å². The lowest BCUT2D eigenvalue weighted by atomic mass is 10.1. The number of pyridine rings is 1. The molecule has 128 valence electrons. The number of anilines is 1. The van der Waals surface area contributed by atoms with Crippen LogP contribution in [0.25, 0.3) is 0 Å². The van der Waals surface area contributed by atoms with Crippen molar-refractivity contribution in [2.75, 3.05) is 31.1 Å². The molecule has 0 bridgehead atoms. The summed E-state index contributed by atoms with van der Waals surface area (Å²) in [5.41, 5.74) is 1.98. The maximum absolute atomic E-state index is 10.9. The van der Waals surface area contributed by atoms with E-state index in [9.17, 15) is 15.4 Å². The Morgan fingerprint density at radius 2 is 2.00 bits per heavy atom. The van der Waals surface area contributed by atoms with Crippen LogP contribution < -0.4 is 4.90 Å². The summed E-state index contributed by atoms with van der Waals surface area (Å²) in [6.45, 7) is 3.90. The van der Waals surface area contributed by atoms with Crippen molar-refractivity contribution in [1.82, 2.24) is 9.88 Å². The van der Waals surface area contributed by atoms with Crippen LogP contribution in [0.3, 0.4) is 0 Å². The van der Waals surface area contributed by atoms with Gasteiger partial charge in [0.2, 0.25) is 0 Å². The fourth-order valence-corrected chi connectivity index (χ4v) is 2.99. The number of nitriles is 1. The smallest absolute Gasteiger partial charge is 0.270 e. The minimum Gasteiger partial charge on any atom is -0.368 e. The number of rotatable bonds is 4. The second-order valence-electron chi connectivity index (χ2n) is 5.80. The van der Waals surface area contributed by atoms with Gasteiger partial charge in [0.1, 0.15) is 6.07 Å². The normalized spacial score (nSPS) is 15.0. The Bertz CT molecular complexity index is 811. The van der Waals surface area contributed by atoms with Gasteiger partial charge in [-0.25, -0.2) is 0 Å². The summed E-state index contributed by atoms with van der Waals surface area (Å²) in [5, 5.41) is 20.8. The van der Waals surface area contributed by atoms with E-state index >= 15 is 0 Å². The van der Waals surface area contributed by atoms with Gasteiger partial charge in [0.25, 0.3) is 5.69 Å². The van der Waals surface area contributed by atoms with Crippen LogP contribution in [0.15, 0.2) is 36.5 Å². The molecule has 0 atom stereocenters. The van der Waals surface area contributed by atoms with E-state index in [-0.39, 0.29) is 5.69 Å². The van der Waals surface area contributed by atoms with Crippen LogP contribution in [0.1, 0.15) is 11.3 Å². The predicted octanol–water partition coefficient (Wildman–Crippen LogP) is 2.84. The highest BCUT2D eigenvalue weighted by Gasteiger charge is 2.21. The first kappa shape index (κ1) is 17.1. The number of hydrogen-bond donors (Lipinski definition) is 0. The monoisotopic (exact) mass is 357 g/mol. The molecule has 1 aliphatic rings. The van der Waals surface area contributed by atoms with Crippen molar-refractivity contribution in [1.29, 1.82) is 5.26 Å². The summed E-state index contributed by atoms with van der Waals surface area (Å²) in [4.78, 5) is 19.1. The number of nitro groups is 1. The fourth-order valence-electron chi connectivity index (χ4n) is 2.88. The Morgan fingerprint density at radius 3 is 2.60 bits per heavy atom. The molecule has 1 aromatic heterocycles. The first-order valence-electron chi connectivity index (χ1n) is 7.83. The van der Waals surface area contributed by atoms with Crippen LogP contribution in [0.2, 0.25) is 5.02 Å². The van der Waals surface area contributed by atoms with Crippen molar-refractivity contribution in [3.8, 4) is 6.07 Å². The van der Waals surface area contributed by atoms with Gasteiger partial charge in [0, 0.05) is 51.1 Å². The quantitative estimate of drug-likeness (QED) is 0.617. The van der Waals surface area contributed by atoms with Gasteiger partial charge >= 0.3 is 0 Å². The SMILES string of the molecule is N#Cc1cc([N+](=O)[O-])ccc1N1CCN(Cc2ccc(Cl)cn2)CC1. The van der Waals surface area contributed by atoms with Crippen LogP contribution >= 0.6 is 11.6 Å². The van der Waals surface area contributed by atoms with Crippen LogP contribution in [-0.4, -0.2) is 41.0 Å². The van der Waals surface area contributed by atoms with Crippen molar-refractivity contribution >= 4 is 23.0 Å². The predicted molar refractivity (Wildman–Crippen MR) is 94.5 cm³/mol. The van der Waals surface area contributed by atoms with Crippen LogP contribution in [-0.2, 0) is 6.54 Å². The number of piperazine rings is 1. The van der Waals surface area contributed by atoms with E-state index in [1.165, 1.54) is 12.1 Å². The Labute approximate surface area is 150 Å². The van der Waals surface area contributed by atoms with Gasteiger partial charge in [-0.3, -0.25) is 20.0 Å². The molecule has 0 saturated carbocycles. The number of aromatic nitrogens is 1. The van der Waals surface area contributed by atoms with E-state index in [0.29, 0.717) is 10.6 Å². The zero-order valence-corrected chi connectivity index (χ0v) is 14.2. The van der Waals surface area contributed by atoms with Gasteiger partial charge in [0.05, 0.1) is 26.9 Å². The van der Waals surface area contributed by atoms with Gasteiger partial charge < -0.3 is 4.90 Å². The molecule has 2 heterocycles. The number of halogens is 1. The molecule has 0 aliphatic carbocycles. The molecule has 1 aromatic carbocycles. The zero-order valence-electron chi connectivity index (χ0n) is 13.4. The zero-order chi connectivity index (χ0) is 17.8. The van der Waals surface area contributed by atoms with E-state index in [1.54, 1.807) is 12.3 Å². The van der Waals surface area contributed by atoms with Crippen molar-refractivity contribution in [2.45, 2.75) is 6.54 Å². The summed E-state index contributed by atoms with van der Waals surface area (Å²) in [6.07, 6.45) is 1.64. The number of hydrogen-bond acceptors (Lipinski definition) is 6. The lowest BCUT2D eigenvalue weighted by Gasteiger charge is -2.36. The lowest BCUT2D eigenvalue weighted by Crippen LogP contribution is -2.46. The highest BCUT2D eigenvalue weighted by atomic mass is 35.5. The second-order valence-corrected chi connectivity index (χ2v) is 6.24. The summed E-state index contributed by atoms with van der Waals surface area (Å²) < 4.78 is 0. The maximum Gasteiger partial charge on any atom is 0.270 e. The van der Waals surface area contributed by atoms with Crippen molar-refractivity contribution in [3.05, 3.63) is 62.9 Å². The second kappa shape index (κ2) is 7.47. The van der Waals surface area contributed by atoms with E-state index in [4.69, 9.17) is 11.6 Å². The molecule has 2 aromatic rings. The third-order valence-electron chi connectivity index (χ3n) is 4.20. The van der Waals surface area contributed by atoms with Gasteiger partial charge in [0.15, 0.2) is 0 Å². The largest absolute Gasteiger partial charge is 0.368 e. The van der Waals surface area contributed by atoms with E-state index in [2.05, 4.69) is 20.9 Å². The van der Waals surface area contributed by atoms with Gasteiger partial charge in [-0.15, -0.1) is 0 Å². The Morgan fingerprint density at radius 1 is 1.24 bits per heavy atom. The van der Waals surface area contributed by atoms with Crippen molar-refractivity contribution in [2.24, 2.45) is 0 Å². The molecule has 0 radical (unpaired) electrons. The summed E-state index contributed by atoms with van der Waals surface area (Å²) >= 11 is 5.85. The third kappa shape index (κ3) is 4.05. The first-order chi connectivity index (χ1) is 12.1. The summed E-state index contributed by atoms with van der Waals surface area (Å²) in [7, 11) is 0. The van der Waals surface area contributed by atoms with Crippen LogP contribution in [0.5, 0.6) is 0 Å². The fraction of sp³-hybridized carbons (Fsp3) is 0.294. The molecule has 7 nitrogen and oxygen atoms in total. The van der Waals surface area contributed by atoms with Crippen LogP contribution in [0.4, 0.5) is 11.4 Å². The van der Waals surface area contributed by atoms with Crippen molar-refractivity contribution in [3.63, 3.8) is 0 Å². The summed E-state index contributed by atoms with van der Waals surface area (Å²) in [6, 6.07) is 10.2. The molecule has 1 fully saturated rings. The highest BCUT2D eigenvalue weighted by molar-refractivity contribution is 6.30. The molecule has 3 rings (SSSR count). The average Bonchev–Trinajstić information content (AvgIpc) is 2.63. The Hall–Kier alpha value is -2.69. The molecule has 0 N–H and O–H groups in total. The number of nitrogens with zero attached hydrogens (tertiary/aromatic N) is 5. The lowest BCUT2D eigenvalue weighted by molar-refractivity contribution is -0.384. The van der Waals surface area contributed by atoms with Gasteiger partial charge in [-0.05, 0) is 18.2 Å². The standard InChI is InChI=1S/C17H16ClN5O2/c18-14-1-2-15(20-11-14)12-21-5-7-22(8-6-21)17-4-3-16(23(24)25)9-13(17)10-19/h1-4,9,11H,5-8,12H2. The van der Waals surface area contributed by atoms with Gasteiger partial charge in [-0.1, -0.05) is 11.6 Å². The van der Waals surface area contributed by atoms with E-state index in [1.807, 2.05) is 12.1 Å². The Balaban J connectivity index is 1.65. The van der Waals surface area contributed by atoms with Gasteiger partial charge in [-0.2, -0.15) is 5.26 Å². The third-order valence-corrected chi connectivity index (χ3v) is 4.42. The number of nitro benzene ring substituents is 1. The molecule has 1 aliphatic heterocycles. The minimum atomic E-state index is -0.484. The first-order valence-corrected chi connectivity index (χ1v) is 8.21. The number of non-ortho nitro benzene ring substituents is 1. The Kier molecular flexibility index (Phi) is 5.12. The highest BCUT2D eigenvalue weighted by Crippen LogP contribution is 2.26. The minimum absolute atomic E-state index is 0.0623. The summed E-state index contributed by atoms with van der Waals surface area (Å²) in [5.74, 6) is 0. The van der Waals surface area contributed by atoms with E-state index < -0.39 is 4.92 Å².